The Morgan fingerprint density at radius 1 is 1.43 bits per heavy atom. The molecule has 1 aliphatic heterocycles. The molecule has 1 fully saturated rings. The highest BCUT2D eigenvalue weighted by molar-refractivity contribution is 5.87. The van der Waals surface area contributed by atoms with Gasteiger partial charge in [-0.05, 0) is 50.4 Å². The van der Waals surface area contributed by atoms with Gasteiger partial charge < -0.3 is 15.4 Å². The number of carbonyl (C=O) groups excluding carboxylic acids is 1. The summed E-state index contributed by atoms with van der Waals surface area (Å²) in [5.41, 5.74) is 0.726. The van der Waals surface area contributed by atoms with Gasteiger partial charge in [0.05, 0.1) is 18.7 Å². The lowest BCUT2D eigenvalue weighted by molar-refractivity contribution is -0.128. The number of nitrogens with one attached hydrogen (secondary N) is 2. The van der Waals surface area contributed by atoms with Crippen LogP contribution >= 0.6 is 0 Å². The third kappa shape index (κ3) is 3.56. The van der Waals surface area contributed by atoms with Crippen molar-refractivity contribution < 1.29 is 9.53 Å². The molecule has 2 unspecified atom stereocenters. The molecule has 0 bridgehead atoms. The third-order valence-electron chi connectivity index (χ3n) is 4.32. The van der Waals surface area contributed by atoms with Crippen molar-refractivity contribution in [3.05, 3.63) is 29.8 Å². The van der Waals surface area contributed by atoms with Crippen LogP contribution in [-0.2, 0) is 4.79 Å². The summed E-state index contributed by atoms with van der Waals surface area (Å²) in [5, 5.41) is 6.57. The van der Waals surface area contributed by atoms with E-state index in [1.165, 1.54) is 0 Å². The molecule has 1 aliphatic rings. The minimum atomic E-state index is -0.366. The first-order valence-corrected chi connectivity index (χ1v) is 7.81. The SMILES string of the molecule is CCCC1(C(=O)NC(C)c2ccc(OC)cc2)CCCN1. The molecule has 2 rings (SSSR count). The van der Waals surface area contributed by atoms with Crippen LogP contribution in [0.2, 0.25) is 0 Å². The Morgan fingerprint density at radius 2 is 2.14 bits per heavy atom. The molecule has 0 spiro atoms. The smallest absolute Gasteiger partial charge is 0.240 e. The van der Waals surface area contributed by atoms with Crippen molar-refractivity contribution in [2.75, 3.05) is 13.7 Å². The fraction of sp³-hybridized carbons (Fsp3) is 0.588. The maximum Gasteiger partial charge on any atom is 0.240 e. The first kappa shape index (κ1) is 15.8. The summed E-state index contributed by atoms with van der Waals surface area (Å²) >= 11 is 0. The van der Waals surface area contributed by atoms with Crippen LogP contribution in [-0.4, -0.2) is 25.1 Å². The number of benzene rings is 1. The number of methoxy groups -OCH3 is 1. The number of rotatable bonds is 6. The molecule has 0 radical (unpaired) electrons. The van der Waals surface area contributed by atoms with Crippen LogP contribution in [0.15, 0.2) is 24.3 Å². The molecule has 4 heteroatoms. The zero-order chi connectivity index (χ0) is 15.3. The van der Waals surface area contributed by atoms with Crippen molar-refractivity contribution in [2.45, 2.75) is 51.1 Å². The van der Waals surface area contributed by atoms with Gasteiger partial charge in [-0.15, -0.1) is 0 Å². The van der Waals surface area contributed by atoms with E-state index in [2.05, 4.69) is 17.6 Å². The van der Waals surface area contributed by atoms with Gasteiger partial charge >= 0.3 is 0 Å². The van der Waals surface area contributed by atoms with E-state index in [4.69, 9.17) is 4.74 Å². The van der Waals surface area contributed by atoms with Gasteiger partial charge in [0.25, 0.3) is 0 Å². The van der Waals surface area contributed by atoms with E-state index in [-0.39, 0.29) is 17.5 Å². The van der Waals surface area contributed by atoms with E-state index < -0.39 is 0 Å². The van der Waals surface area contributed by atoms with Gasteiger partial charge in [0.2, 0.25) is 5.91 Å². The fourth-order valence-corrected chi connectivity index (χ4v) is 3.06. The van der Waals surface area contributed by atoms with Crippen LogP contribution in [0, 0.1) is 0 Å². The molecule has 1 saturated heterocycles. The first-order valence-electron chi connectivity index (χ1n) is 7.81. The molecule has 1 aromatic rings. The second-order valence-corrected chi connectivity index (χ2v) is 5.83. The number of ether oxygens (including phenoxy) is 1. The largest absolute Gasteiger partial charge is 0.497 e. The highest BCUT2D eigenvalue weighted by Crippen LogP contribution is 2.26. The molecule has 2 atom stereocenters. The molecule has 0 aromatic heterocycles. The molecule has 4 nitrogen and oxygen atoms in total. The summed E-state index contributed by atoms with van der Waals surface area (Å²) in [6.07, 6.45) is 3.91. The van der Waals surface area contributed by atoms with E-state index in [0.717, 1.165) is 43.5 Å². The Balaban J connectivity index is 2.03. The number of hydrogen-bond acceptors (Lipinski definition) is 3. The highest BCUT2D eigenvalue weighted by atomic mass is 16.5. The molecule has 116 valence electrons. The standard InChI is InChI=1S/C17H26N2O2/c1-4-10-17(11-5-12-18-17)16(20)19-13(2)14-6-8-15(21-3)9-7-14/h6-9,13,18H,4-5,10-12H2,1-3H3,(H,19,20). The predicted molar refractivity (Wildman–Crippen MR) is 84.4 cm³/mol. The fourth-order valence-electron chi connectivity index (χ4n) is 3.06. The minimum absolute atomic E-state index is 0.000428. The molecular weight excluding hydrogens is 264 g/mol. The molecular formula is C17H26N2O2. The van der Waals surface area contributed by atoms with Crippen LogP contribution in [0.3, 0.4) is 0 Å². The van der Waals surface area contributed by atoms with Crippen LogP contribution in [0.25, 0.3) is 0 Å². The lowest BCUT2D eigenvalue weighted by Crippen LogP contribution is -2.53. The predicted octanol–water partition coefficient (Wildman–Crippen LogP) is 2.79. The van der Waals surface area contributed by atoms with Crippen LogP contribution in [0.5, 0.6) is 5.75 Å². The van der Waals surface area contributed by atoms with Crippen LogP contribution in [0.4, 0.5) is 0 Å². The van der Waals surface area contributed by atoms with Gasteiger partial charge in [-0.3, -0.25) is 4.79 Å². The average Bonchev–Trinajstić information content (AvgIpc) is 2.97. The zero-order valence-electron chi connectivity index (χ0n) is 13.2. The molecule has 2 N–H and O–H groups in total. The molecule has 1 heterocycles. The molecule has 0 aliphatic carbocycles. The Morgan fingerprint density at radius 3 is 2.67 bits per heavy atom. The van der Waals surface area contributed by atoms with E-state index in [1.807, 2.05) is 31.2 Å². The summed E-state index contributed by atoms with van der Waals surface area (Å²) in [6, 6.07) is 7.84. The Bertz CT molecular complexity index is 464. The number of amides is 1. The molecule has 0 saturated carbocycles. The monoisotopic (exact) mass is 290 g/mol. The van der Waals surface area contributed by atoms with Crippen LogP contribution in [0.1, 0.15) is 51.1 Å². The second-order valence-electron chi connectivity index (χ2n) is 5.83. The summed E-state index contributed by atoms with van der Waals surface area (Å²) in [5.74, 6) is 0.961. The topological polar surface area (TPSA) is 50.4 Å². The maximum absolute atomic E-state index is 12.7. The molecule has 21 heavy (non-hydrogen) atoms. The summed E-state index contributed by atoms with van der Waals surface area (Å²) in [4.78, 5) is 12.7. The van der Waals surface area contributed by atoms with Gasteiger partial charge in [-0.2, -0.15) is 0 Å². The van der Waals surface area contributed by atoms with E-state index in [1.54, 1.807) is 7.11 Å². The Hall–Kier alpha value is -1.55. The van der Waals surface area contributed by atoms with E-state index in [0.29, 0.717) is 0 Å². The average molecular weight is 290 g/mol. The van der Waals surface area contributed by atoms with Gasteiger partial charge in [-0.25, -0.2) is 0 Å². The third-order valence-corrected chi connectivity index (χ3v) is 4.32. The second kappa shape index (κ2) is 6.94. The van der Waals surface area contributed by atoms with Gasteiger partial charge in [0.15, 0.2) is 0 Å². The quantitative estimate of drug-likeness (QED) is 0.847. The van der Waals surface area contributed by atoms with Crippen molar-refractivity contribution in [1.82, 2.24) is 10.6 Å². The van der Waals surface area contributed by atoms with Crippen molar-refractivity contribution >= 4 is 5.91 Å². The van der Waals surface area contributed by atoms with Crippen LogP contribution < -0.4 is 15.4 Å². The van der Waals surface area contributed by atoms with Gasteiger partial charge in [-0.1, -0.05) is 25.5 Å². The molecule has 1 amide bonds. The first-order chi connectivity index (χ1) is 10.1. The lowest BCUT2D eigenvalue weighted by atomic mass is 9.90. The number of carbonyl (C=O) groups is 1. The maximum atomic E-state index is 12.7. The highest BCUT2D eigenvalue weighted by Gasteiger charge is 2.40. The Labute approximate surface area is 127 Å². The van der Waals surface area contributed by atoms with Crippen molar-refractivity contribution in [3.63, 3.8) is 0 Å². The zero-order valence-corrected chi connectivity index (χ0v) is 13.2. The van der Waals surface area contributed by atoms with Crippen molar-refractivity contribution in [2.24, 2.45) is 0 Å². The Kier molecular flexibility index (Phi) is 5.23. The van der Waals surface area contributed by atoms with Crippen molar-refractivity contribution in [3.8, 4) is 5.75 Å². The summed E-state index contributed by atoms with van der Waals surface area (Å²) in [7, 11) is 1.65. The minimum Gasteiger partial charge on any atom is -0.497 e. The van der Waals surface area contributed by atoms with Gasteiger partial charge in [0.1, 0.15) is 5.75 Å². The van der Waals surface area contributed by atoms with Crippen molar-refractivity contribution in [1.29, 1.82) is 0 Å². The normalized spacial score (nSPS) is 22.8. The summed E-state index contributed by atoms with van der Waals surface area (Å²) in [6.45, 7) is 5.08. The van der Waals surface area contributed by atoms with E-state index >= 15 is 0 Å². The van der Waals surface area contributed by atoms with Gasteiger partial charge in [0, 0.05) is 0 Å². The molecule has 1 aromatic carbocycles. The van der Waals surface area contributed by atoms with E-state index in [9.17, 15) is 4.79 Å². The summed E-state index contributed by atoms with van der Waals surface area (Å²) < 4.78 is 5.16. The lowest BCUT2D eigenvalue weighted by Gasteiger charge is -2.29. The number of hydrogen-bond donors (Lipinski definition) is 2.